The maximum absolute atomic E-state index is 14.0. The summed E-state index contributed by atoms with van der Waals surface area (Å²) in [6.45, 7) is 6.21. The van der Waals surface area contributed by atoms with Gasteiger partial charge in [0.1, 0.15) is 16.6 Å². The molecule has 0 aliphatic rings. The van der Waals surface area contributed by atoms with Gasteiger partial charge in [0, 0.05) is 17.7 Å². The normalized spacial score (nSPS) is 13.4. The van der Waals surface area contributed by atoms with E-state index in [0.29, 0.717) is 17.1 Å². The van der Waals surface area contributed by atoms with E-state index >= 15 is 0 Å². The molecule has 114 valence electrons. The summed E-state index contributed by atoms with van der Waals surface area (Å²) in [6, 6.07) is 3.23. The van der Waals surface area contributed by atoms with Crippen LogP contribution in [0.3, 0.4) is 0 Å². The first kappa shape index (κ1) is 15.8. The van der Waals surface area contributed by atoms with Crippen LogP contribution in [0.15, 0.2) is 23.0 Å². The van der Waals surface area contributed by atoms with E-state index in [0.717, 1.165) is 17.4 Å². The lowest BCUT2D eigenvalue weighted by Crippen LogP contribution is -2.32. The Balaban J connectivity index is 2.24. The predicted molar refractivity (Wildman–Crippen MR) is 78.1 cm³/mol. The number of H-pyrrole nitrogens is 1. The average molecular weight is 313 g/mol. The van der Waals surface area contributed by atoms with Crippen LogP contribution in [0, 0.1) is 17.0 Å². The van der Waals surface area contributed by atoms with Gasteiger partial charge >= 0.3 is 4.87 Å². The van der Waals surface area contributed by atoms with Crippen LogP contribution >= 0.6 is 11.3 Å². The van der Waals surface area contributed by atoms with Gasteiger partial charge in [-0.05, 0) is 11.5 Å². The molecule has 2 N–H and O–H groups in total. The maximum Gasteiger partial charge on any atom is 0.322 e. The van der Waals surface area contributed by atoms with Crippen LogP contribution in [0.1, 0.15) is 37.4 Å². The van der Waals surface area contributed by atoms with Crippen molar-refractivity contribution in [2.24, 2.45) is 5.41 Å². The van der Waals surface area contributed by atoms with Crippen LogP contribution in [0.25, 0.3) is 0 Å². The van der Waals surface area contributed by atoms with Gasteiger partial charge in [-0.1, -0.05) is 38.2 Å². The lowest BCUT2D eigenvalue weighted by molar-refractivity contribution is 0.264. The second-order valence-electron chi connectivity index (χ2n) is 5.85. The minimum absolute atomic E-state index is 0.230. The Bertz CT molecular complexity index is 675. The molecule has 0 radical (unpaired) electrons. The van der Waals surface area contributed by atoms with Crippen LogP contribution in [-0.2, 0) is 6.54 Å². The zero-order chi connectivity index (χ0) is 15.6. The van der Waals surface area contributed by atoms with E-state index in [1.54, 1.807) is 0 Å². The van der Waals surface area contributed by atoms with Crippen molar-refractivity contribution in [1.82, 2.24) is 15.5 Å². The molecule has 0 saturated heterocycles. The second kappa shape index (κ2) is 6.03. The Morgan fingerprint density at radius 3 is 2.62 bits per heavy atom. The van der Waals surface area contributed by atoms with Crippen molar-refractivity contribution in [2.75, 3.05) is 0 Å². The van der Waals surface area contributed by atoms with Crippen LogP contribution < -0.4 is 10.2 Å². The Morgan fingerprint density at radius 1 is 1.38 bits per heavy atom. The van der Waals surface area contributed by atoms with E-state index in [4.69, 9.17) is 0 Å². The molecule has 0 fully saturated rings. The molecule has 1 unspecified atom stereocenters. The fourth-order valence-corrected chi connectivity index (χ4v) is 2.70. The molecule has 7 heteroatoms. The van der Waals surface area contributed by atoms with Gasteiger partial charge in [-0.25, -0.2) is 13.9 Å². The first-order valence-corrected chi connectivity index (χ1v) is 7.32. The smallest absolute Gasteiger partial charge is 0.303 e. The lowest BCUT2D eigenvalue weighted by atomic mass is 9.82. The molecule has 0 aliphatic heterocycles. The fourth-order valence-electron chi connectivity index (χ4n) is 2.14. The molecule has 1 aromatic heterocycles. The number of nitrogens with one attached hydrogen (secondary N) is 2. The Kier molecular flexibility index (Phi) is 4.53. The third-order valence-electron chi connectivity index (χ3n) is 3.08. The third kappa shape index (κ3) is 3.95. The van der Waals surface area contributed by atoms with Crippen LogP contribution in [0.2, 0.25) is 0 Å². The summed E-state index contributed by atoms with van der Waals surface area (Å²) in [4.78, 5) is 10.8. The van der Waals surface area contributed by atoms with Crippen molar-refractivity contribution in [3.05, 3.63) is 50.1 Å². The molecular weight excluding hydrogens is 296 g/mol. The van der Waals surface area contributed by atoms with Crippen molar-refractivity contribution in [2.45, 2.75) is 33.4 Å². The van der Waals surface area contributed by atoms with E-state index < -0.39 is 11.6 Å². The van der Waals surface area contributed by atoms with E-state index in [2.05, 4.69) is 15.5 Å². The van der Waals surface area contributed by atoms with Gasteiger partial charge < -0.3 is 5.32 Å². The summed E-state index contributed by atoms with van der Waals surface area (Å²) in [6.07, 6.45) is 0. The summed E-state index contributed by atoms with van der Waals surface area (Å²) in [5.41, 5.74) is 0.103. The van der Waals surface area contributed by atoms with Crippen molar-refractivity contribution in [1.29, 1.82) is 0 Å². The summed E-state index contributed by atoms with van der Waals surface area (Å²) >= 11 is 1.00. The fraction of sp³-hybridized carbons (Fsp3) is 0.429. The maximum atomic E-state index is 14.0. The largest absolute Gasteiger partial charge is 0.322 e. The molecule has 4 nitrogen and oxygen atoms in total. The van der Waals surface area contributed by atoms with E-state index in [-0.39, 0.29) is 16.3 Å². The molecule has 21 heavy (non-hydrogen) atoms. The molecule has 1 atom stereocenters. The van der Waals surface area contributed by atoms with Crippen LogP contribution in [0.4, 0.5) is 8.78 Å². The molecule has 0 amide bonds. The summed E-state index contributed by atoms with van der Waals surface area (Å²) < 4.78 is 27.1. The zero-order valence-corrected chi connectivity index (χ0v) is 12.9. The van der Waals surface area contributed by atoms with Crippen LogP contribution in [0.5, 0.6) is 0 Å². The summed E-state index contributed by atoms with van der Waals surface area (Å²) in [5, 5.41) is 9.99. The molecule has 1 heterocycles. The lowest BCUT2D eigenvalue weighted by Gasteiger charge is -2.32. The van der Waals surface area contributed by atoms with Gasteiger partial charge in [0.25, 0.3) is 0 Å². The highest BCUT2D eigenvalue weighted by molar-refractivity contribution is 7.08. The number of benzene rings is 1. The highest BCUT2D eigenvalue weighted by atomic mass is 32.1. The Hall–Kier alpha value is -1.60. The molecule has 2 rings (SSSR count). The number of aromatic amines is 1. The predicted octanol–water partition coefficient (Wildman–Crippen LogP) is 2.99. The average Bonchev–Trinajstić information content (AvgIpc) is 2.76. The SMILES string of the molecule is CC(C)(C)C(NCc1n[nH]c(=O)s1)c1ccc(F)cc1F. The van der Waals surface area contributed by atoms with Crippen molar-refractivity contribution >= 4 is 11.3 Å². The van der Waals surface area contributed by atoms with Crippen molar-refractivity contribution in [3.8, 4) is 0 Å². The van der Waals surface area contributed by atoms with Crippen molar-refractivity contribution < 1.29 is 8.78 Å². The van der Waals surface area contributed by atoms with E-state index in [1.807, 2.05) is 20.8 Å². The molecule has 0 bridgehead atoms. The van der Waals surface area contributed by atoms with Gasteiger partial charge in [-0.3, -0.25) is 4.79 Å². The number of aromatic nitrogens is 2. The Morgan fingerprint density at radius 2 is 2.10 bits per heavy atom. The second-order valence-corrected chi connectivity index (χ2v) is 6.90. The van der Waals surface area contributed by atoms with E-state index in [1.165, 1.54) is 12.1 Å². The molecular formula is C14H17F2N3OS. The summed E-state index contributed by atoms with van der Waals surface area (Å²) in [7, 11) is 0. The highest BCUT2D eigenvalue weighted by Crippen LogP contribution is 2.34. The highest BCUT2D eigenvalue weighted by Gasteiger charge is 2.28. The topological polar surface area (TPSA) is 57.8 Å². The van der Waals surface area contributed by atoms with E-state index in [9.17, 15) is 13.6 Å². The van der Waals surface area contributed by atoms with Crippen molar-refractivity contribution in [3.63, 3.8) is 0 Å². The van der Waals surface area contributed by atoms with Gasteiger partial charge in [0.05, 0.1) is 6.54 Å². The van der Waals surface area contributed by atoms with Gasteiger partial charge in [-0.15, -0.1) is 0 Å². The molecule has 1 aromatic carbocycles. The number of halogens is 2. The zero-order valence-electron chi connectivity index (χ0n) is 12.0. The standard InChI is InChI=1S/C14H17F2N3OS/c1-14(2,3)12(9-5-4-8(15)6-10(9)16)17-7-11-18-19-13(20)21-11/h4-6,12,17H,7H2,1-3H3,(H,19,20). The number of hydrogen-bond acceptors (Lipinski definition) is 4. The third-order valence-corrected chi connectivity index (χ3v) is 3.83. The monoisotopic (exact) mass is 313 g/mol. The summed E-state index contributed by atoms with van der Waals surface area (Å²) in [5.74, 6) is -1.19. The molecule has 0 aliphatic carbocycles. The number of nitrogens with zero attached hydrogens (tertiary/aromatic N) is 1. The Labute approximate surface area is 125 Å². The first-order chi connectivity index (χ1) is 9.77. The van der Waals surface area contributed by atoms with Gasteiger partial charge in [0.15, 0.2) is 0 Å². The number of rotatable bonds is 4. The van der Waals surface area contributed by atoms with Gasteiger partial charge in [-0.2, -0.15) is 5.10 Å². The molecule has 2 aromatic rings. The number of hydrogen-bond donors (Lipinski definition) is 2. The van der Waals surface area contributed by atoms with Crippen LogP contribution in [-0.4, -0.2) is 10.2 Å². The quantitative estimate of drug-likeness (QED) is 0.912. The van der Waals surface area contributed by atoms with Gasteiger partial charge in [0.2, 0.25) is 0 Å². The molecule has 0 saturated carbocycles. The minimum atomic E-state index is -0.602. The molecule has 0 spiro atoms. The first-order valence-electron chi connectivity index (χ1n) is 6.50. The minimum Gasteiger partial charge on any atom is -0.303 e.